The maximum absolute atomic E-state index is 14.0. The third kappa shape index (κ3) is 2.92. The van der Waals surface area contributed by atoms with E-state index in [0.717, 1.165) is 18.4 Å². The molecule has 10 heteroatoms. The van der Waals surface area contributed by atoms with Gasteiger partial charge in [-0.2, -0.15) is 8.78 Å². The maximum Gasteiger partial charge on any atom is 0.263 e. The topological polar surface area (TPSA) is 60.5 Å². The summed E-state index contributed by atoms with van der Waals surface area (Å²) in [7, 11) is 2.32. The Morgan fingerprint density at radius 2 is 1.69 bits per heavy atom. The number of methoxy groups -OCH3 is 2. The third-order valence-corrected chi connectivity index (χ3v) is 4.40. The number of nitrogens with one attached hydrogen (secondary N) is 1. The van der Waals surface area contributed by atoms with Crippen molar-refractivity contribution < 1.29 is 31.8 Å². The van der Waals surface area contributed by atoms with E-state index in [2.05, 4.69) is 15.0 Å². The molecule has 1 aromatic heterocycles. The lowest BCUT2D eigenvalue weighted by molar-refractivity contribution is 0.101. The second kappa shape index (κ2) is 6.79. The molecule has 3 rings (SSSR count). The van der Waals surface area contributed by atoms with Gasteiger partial charge in [0.05, 0.1) is 24.4 Å². The van der Waals surface area contributed by atoms with E-state index in [4.69, 9.17) is 4.74 Å². The number of fused-ring (bicyclic) bond motifs is 1. The van der Waals surface area contributed by atoms with Crippen LogP contribution in [0.25, 0.3) is 10.2 Å². The molecule has 2 aromatic carbocycles. The Kier molecular flexibility index (Phi) is 4.68. The van der Waals surface area contributed by atoms with Gasteiger partial charge in [-0.25, -0.2) is 13.8 Å². The third-order valence-electron chi connectivity index (χ3n) is 3.47. The zero-order chi connectivity index (χ0) is 19.0. The van der Waals surface area contributed by atoms with Gasteiger partial charge in [0.15, 0.2) is 22.5 Å². The van der Waals surface area contributed by atoms with Crippen LogP contribution < -0.4 is 14.8 Å². The molecule has 0 aliphatic carbocycles. The Labute approximate surface area is 148 Å². The number of nitrogens with zero attached hydrogens (tertiary/aromatic N) is 1. The van der Waals surface area contributed by atoms with Crippen LogP contribution in [0.5, 0.6) is 11.5 Å². The molecule has 0 bridgehead atoms. The number of halogens is 4. The molecule has 1 amide bonds. The van der Waals surface area contributed by atoms with Gasteiger partial charge in [0.2, 0.25) is 11.6 Å². The second-order valence-corrected chi connectivity index (χ2v) is 6.00. The summed E-state index contributed by atoms with van der Waals surface area (Å²) in [5.41, 5.74) is -0.906. The molecule has 0 saturated carbocycles. The lowest BCUT2D eigenvalue weighted by Gasteiger charge is -2.10. The number of carbonyl (C=O) groups excluding carboxylic acids is 1. The number of hydrogen-bond acceptors (Lipinski definition) is 5. The highest BCUT2D eigenvalue weighted by Gasteiger charge is 2.30. The lowest BCUT2D eigenvalue weighted by Crippen LogP contribution is -2.18. The van der Waals surface area contributed by atoms with Crippen LogP contribution in [0.4, 0.5) is 22.7 Å². The monoisotopic (exact) mass is 386 g/mol. The summed E-state index contributed by atoms with van der Waals surface area (Å²) in [4.78, 5) is 16.2. The van der Waals surface area contributed by atoms with Gasteiger partial charge in [-0.15, -0.1) is 0 Å². The molecule has 0 saturated heterocycles. The fraction of sp³-hybridized carbons (Fsp3) is 0.125. The Morgan fingerprint density at radius 1 is 1.04 bits per heavy atom. The molecular formula is C16H10F4N2O3S. The van der Waals surface area contributed by atoms with Crippen LogP contribution in [0.1, 0.15) is 10.4 Å². The van der Waals surface area contributed by atoms with Crippen molar-refractivity contribution in [2.24, 2.45) is 0 Å². The minimum absolute atomic E-state index is 0.00584. The van der Waals surface area contributed by atoms with Crippen molar-refractivity contribution in [3.8, 4) is 11.5 Å². The average molecular weight is 386 g/mol. The molecule has 0 fully saturated rings. The maximum atomic E-state index is 14.0. The molecule has 5 nitrogen and oxygen atoms in total. The van der Waals surface area contributed by atoms with E-state index < -0.39 is 40.5 Å². The van der Waals surface area contributed by atoms with Gasteiger partial charge >= 0.3 is 0 Å². The smallest absolute Gasteiger partial charge is 0.263 e. The fourth-order valence-electron chi connectivity index (χ4n) is 2.24. The van der Waals surface area contributed by atoms with E-state index in [1.165, 1.54) is 7.11 Å². The van der Waals surface area contributed by atoms with Crippen LogP contribution in [0.15, 0.2) is 18.2 Å². The summed E-state index contributed by atoms with van der Waals surface area (Å²) < 4.78 is 65.4. The van der Waals surface area contributed by atoms with Gasteiger partial charge in [0.1, 0.15) is 11.3 Å². The van der Waals surface area contributed by atoms with Crippen LogP contribution in [0.3, 0.4) is 0 Å². The number of rotatable bonds is 4. The first-order valence-electron chi connectivity index (χ1n) is 7.03. The van der Waals surface area contributed by atoms with E-state index in [0.29, 0.717) is 16.0 Å². The fourth-order valence-corrected chi connectivity index (χ4v) is 3.12. The molecule has 0 aliphatic heterocycles. The van der Waals surface area contributed by atoms with Crippen LogP contribution in [0.2, 0.25) is 0 Å². The largest absolute Gasteiger partial charge is 0.497 e. The predicted molar refractivity (Wildman–Crippen MR) is 87.0 cm³/mol. The summed E-state index contributed by atoms with van der Waals surface area (Å²) >= 11 is 0.997. The summed E-state index contributed by atoms with van der Waals surface area (Å²) in [5, 5.41) is 2.13. The molecule has 0 unspecified atom stereocenters. The van der Waals surface area contributed by atoms with Crippen molar-refractivity contribution in [2.45, 2.75) is 0 Å². The molecule has 0 radical (unpaired) electrons. The van der Waals surface area contributed by atoms with Crippen molar-refractivity contribution in [1.29, 1.82) is 0 Å². The Bertz CT molecular complexity index is 993. The highest BCUT2D eigenvalue weighted by molar-refractivity contribution is 7.22. The van der Waals surface area contributed by atoms with Gasteiger partial charge < -0.3 is 9.47 Å². The Morgan fingerprint density at radius 3 is 2.27 bits per heavy atom. The first-order chi connectivity index (χ1) is 12.4. The standard InChI is InChI=1S/C16H10F4N2O3S/c1-24-6-3-4-7-8(5-6)26-16(21-7)22-15(23)9-10(17)12(19)14(25-2)13(20)11(9)18/h3-5H,1-2H3,(H,21,22,23). The van der Waals surface area contributed by atoms with Crippen molar-refractivity contribution in [3.63, 3.8) is 0 Å². The van der Waals surface area contributed by atoms with Gasteiger partial charge in [-0.3, -0.25) is 10.1 Å². The van der Waals surface area contributed by atoms with Crippen LogP contribution >= 0.6 is 11.3 Å². The minimum Gasteiger partial charge on any atom is -0.497 e. The number of carbonyl (C=O) groups is 1. The number of ether oxygens (including phenoxy) is 2. The number of benzene rings is 2. The summed E-state index contributed by atoms with van der Waals surface area (Å²) in [5.74, 6) is -9.40. The van der Waals surface area contributed by atoms with Gasteiger partial charge in [0, 0.05) is 0 Å². The van der Waals surface area contributed by atoms with Crippen molar-refractivity contribution >= 4 is 32.6 Å². The van der Waals surface area contributed by atoms with Gasteiger partial charge in [-0.05, 0) is 18.2 Å². The number of anilines is 1. The Hall–Kier alpha value is -2.88. The summed E-state index contributed by atoms with van der Waals surface area (Å²) in [6.45, 7) is 0. The van der Waals surface area contributed by atoms with E-state index in [9.17, 15) is 22.4 Å². The average Bonchev–Trinajstić information content (AvgIpc) is 3.01. The van der Waals surface area contributed by atoms with Crippen LogP contribution in [-0.4, -0.2) is 25.1 Å². The van der Waals surface area contributed by atoms with E-state index in [-0.39, 0.29) is 5.13 Å². The van der Waals surface area contributed by atoms with Crippen molar-refractivity contribution in [1.82, 2.24) is 4.98 Å². The number of amides is 1. The highest BCUT2D eigenvalue weighted by atomic mass is 32.1. The number of thiazole rings is 1. The molecule has 3 aromatic rings. The van der Waals surface area contributed by atoms with E-state index in [1.54, 1.807) is 18.2 Å². The van der Waals surface area contributed by atoms with Crippen molar-refractivity contribution in [3.05, 3.63) is 47.0 Å². The molecular weight excluding hydrogens is 376 g/mol. The second-order valence-electron chi connectivity index (χ2n) is 4.97. The highest BCUT2D eigenvalue weighted by Crippen LogP contribution is 2.32. The molecule has 1 N–H and O–H groups in total. The van der Waals surface area contributed by atoms with Gasteiger partial charge in [-0.1, -0.05) is 11.3 Å². The quantitative estimate of drug-likeness (QED) is 0.541. The number of aromatic nitrogens is 1. The van der Waals surface area contributed by atoms with Gasteiger partial charge in [0.25, 0.3) is 5.91 Å². The molecule has 136 valence electrons. The molecule has 0 atom stereocenters. The molecule has 1 heterocycles. The Balaban J connectivity index is 1.98. The molecule has 0 spiro atoms. The molecule has 26 heavy (non-hydrogen) atoms. The van der Waals surface area contributed by atoms with E-state index in [1.807, 2.05) is 0 Å². The van der Waals surface area contributed by atoms with E-state index >= 15 is 0 Å². The SMILES string of the molecule is COc1ccc2nc(NC(=O)c3c(F)c(F)c(OC)c(F)c3F)sc2c1. The normalized spacial score (nSPS) is 10.8. The minimum atomic E-state index is -1.86. The van der Waals surface area contributed by atoms with Crippen molar-refractivity contribution in [2.75, 3.05) is 19.5 Å². The lowest BCUT2D eigenvalue weighted by atomic mass is 10.1. The first-order valence-corrected chi connectivity index (χ1v) is 7.84. The summed E-state index contributed by atoms with van der Waals surface area (Å²) in [6, 6.07) is 4.91. The summed E-state index contributed by atoms with van der Waals surface area (Å²) in [6.07, 6.45) is 0. The molecule has 0 aliphatic rings. The number of hydrogen-bond donors (Lipinski definition) is 1. The van der Waals surface area contributed by atoms with Crippen LogP contribution in [0, 0.1) is 23.3 Å². The zero-order valence-corrected chi connectivity index (χ0v) is 14.1. The first kappa shape index (κ1) is 17.9. The zero-order valence-electron chi connectivity index (χ0n) is 13.3. The predicted octanol–water partition coefficient (Wildman–Crippen LogP) is 4.12. The van der Waals surface area contributed by atoms with Crippen LogP contribution in [-0.2, 0) is 0 Å².